The van der Waals surface area contributed by atoms with Crippen molar-refractivity contribution in [1.29, 1.82) is 0 Å². The molecule has 0 bridgehead atoms. The summed E-state index contributed by atoms with van der Waals surface area (Å²) in [5.41, 5.74) is 0.421. The number of aliphatic hydroxyl groups excluding tert-OH is 1. The maximum absolute atomic E-state index is 12.0. The average Bonchev–Trinajstić information content (AvgIpc) is 3.00. The molecule has 3 N–H and O–H groups in total. The van der Waals surface area contributed by atoms with Gasteiger partial charge >= 0.3 is 12.6 Å². The number of hydrogen-bond acceptors (Lipinski definition) is 4. The lowest BCUT2D eigenvalue weighted by atomic mass is 10.3. The number of thiophene rings is 1. The molecule has 0 saturated heterocycles. The molecule has 0 radical (unpaired) electrons. The molecule has 2 amide bonds. The number of carbonyl (C=O) groups excluding carboxylic acids is 1. The maximum Gasteiger partial charge on any atom is 0.387 e. The molecule has 0 unspecified atom stereocenters. The largest absolute Gasteiger partial charge is 0.435 e. The van der Waals surface area contributed by atoms with Gasteiger partial charge in [0.25, 0.3) is 0 Å². The van der Waals surface area contributed by atoms with Gasteiger partial charge in [-0.1, -0.05) is 6.07 Å². The van der Waals surface area contributed by atoms with E-state index < -0.39 is 18.7 Å². The Morgan fingerprint density at radius 2 is 2.00 bits per heavy atom. The molecule has 5 nitrogen and oxygen atoms in total. The SMILES string of the molecule is O=C(NC[C@@H](O)c1cccs1)Nc1ccc(OC(F)F)cc1. The molecule has 1 aromatic heterocycles. The number of benzene rings is 1. The summed E-state index contributed by atoms with van der Waals surface area (Å²) in [6, 6.07) is 8.60. The minimum absolute atomic E-state index is 0.00840. The first-order valence-electron chi connectivity index (χ1n) is 6.36. The van der Waals surface area contributed by atoms with Gasteiger partial charge in [-0.15, -0.1) is 11.3 Å². The number of aliphatic hydroxyl groups is 1. The Morgan fingerprint density at radius 3 is 2.59 bits per heavy atom. The number of urea groups is 1. The molecule has 2 rings (SSSR count). The molecule has 118 valence electrons. The van der Waals surface area contributed by atoms with Gasteiger partial charge in [-0.3, -0.25) is 0 Å². The Bertz CT molecular complexity index is 591. The van der Waals surface area contributed by atoms with E-state index in [0.717, 1.165) is 4.88 Å². The molecule has 0 saturated carbocycles. The standard InChI is InChI=1S/C14H14F2N2O3S/c15-13(16)21-10-5-3-9(4-6-10)18-14(20)17-8-11(19)12-2-1-7-22-12/h1-7,11,13,19H,8H2,(H2,17,18,20)/t11-/m1/s1. The summed E-state index contributed by atoms with van der Waals surface area (Å²) in [5.74, 6) is 0.00840. The molecule has 1 atom stereocenters. The van der Waals surface area contributed by atoms with Crippen LogP contribution in [-0.4, -0.2) is 24.3 Å². The number of rotatable bonds is 6. The fraction of sp³-hybridized carbons (Fsp3) is 0.214. The number of hydrogen-bond donors (Lipinski definition) is 3. The number of alkyl halides is 2. The van der Waals surface area contributed by atoms with Crippen LogP contribution >= 0.6 is 11.3 Å². The van der Waals surface area contributed by atoms with Crippen LogP contribution in [0.3, 0.4) is 0 Å². The second-order valence-electron chi connectivity index (χ2n) is 4.27. The summed E-state index contributed by atoms with van der Waals surface area (Å²) in [6.45, 7) is -2.82. The van der Waals surface area contributed by atoms with Crippen LogP contribution in [0, 0.1) is 0 Å². The van der Waals surface area contributed by atoms with Crippen molar-refractivity contribution in [2.45, 2.75) is 12.7 Å². The Kier molecular flexibility index (Phi) is 5.68. The highest BCUT2D eigenvalue weighted by atomic mass is 32.1. The molecular weight excluding hydrogens is 314 g/mol. The van der Waals surface area contributed by atoms with Crippen LogP contribution in [0.1, 0.15) is 11.0 Å². The lowest BCUT2D eigenvalue weighted by Gasteiger charge is -2.11. The van der Waals surface area contributed by atoms with Crippen LogP contribution < -0.4 is 15.4 Å². The highest BCUT2D eigenvalue weighted by Gasteiger charge is 2.10. The fourth-order valence-corrected chi connectivity index (χ4v) is 2.38. The van der Waals surface area contributed by atoms with E-state index in [-0.39, 0.29) is 12.3 Å². The van der Waals surface area contributed by atoms with Crippen LogP contribution in [0.15, 0.2) is 41.8 Å². The average molecular weight is 328 g/mol. The van der Waals surface area contributed by atoms with Crippen LogP contribution in [0.25, 0.3) is 0 Å². The summed E-state index contributed by atoms with van der Waals surface area (Å²) in [4.78, 5) is 12.4. The zero-order valence-corrected chi connectivity index (χ0v) is 12.1. The van der Waals surface area contributed by atoms with E-state index in [0.29, 0.717) is 5.69 Å². The highest BCUT2D eigenvalue weighted by Crippen LogP contribution is 2.19. The van der Waals surface area contributed by atoms with Gasteiger partial charge in [0.05, 0.1) is 6.54 Å². The van der Waals surface area contributed by atoms with Crippen molar-refractivity contribution in [3.63, 3.8) is 0 Å². The lowest BCUT2D eigenvalue weighted by molar-refractivity contribution is -0.0498. The molecule has 0 aliphatic rings. The predicted molar refractivity (Wildman–Crippen MR) is 79.4 cm³/mol. The van der Waals surface area contributed by atoms with Crippen molar-refractivity contribution in [1.82, 2.24) is 5.32 Å². The van der Waals surface area contributed by atoms with E-state index in [4.69, 9.17) is 0 Å². The Balaban J connectivity index is 1.79. The Morgan fingerprint density at radius 1 is 1.27 bits per heavy atom. The molecule has 2 aromatic rings. The van der Waals surface area contributed by atoms with Gasteiger partial charge in [0.15, 0.2) is 0 Å². The highest BCUT2D eigenvalue weighted by molar-refractivity contribution is 7.10. The van der Waals surface area contributed by atoms with Gasteiger partial charge in [-0.2, -0.15) is 8.78 Å². The first kappa shape index (κ1) is 16.2. The number of anilines is 1. The Labute approximate surface area is 129 Å². The summed E-state index contributed by atoms with van der Waals surface area (Å²) in [5, 5.41) is 16.7. The van der Waals surface area contributed by atoms with Gasteiger partial charge in [0.2, 0.25) is 0 Å². The van der Waals surface area contributed by atoms with Gasteiger partial charge < -0.3 is 20.5 Å². The molecule has 0 fully saturated rings. The quantitative estimate of drug-likeness (QED) is 0.762. The summed E-state index contributed by atoms with van der Waals surface area (Å²) in [6.07, 6.45) is -0.771. The van der Waals surface area contributed by atoms with Crippen LogP contribution in [0.2, 0.25) is 0 Å². The number of nitrogens with one attached hydrogen (secondary N) is 2. The van der Waals surface area contributed by atoms with E-state index in [1.165, 1.54) is 35.6 Å². The van der Waals surface area contributed by atoms with Crippen LogP contribution in [0.4, 0.5) is 19.3 Å². The third-order valence-electron chi connectivity index (χ3n) is 2.66. The van der Waals surface area contributed by atoms with Crippen LogP contribution in [-0.2, 0) is 0 Å². The molecule has 0 aliphatic heterocycles. The van der Waals surface area contributed by atoms with Gasteiger partial charge in [0.1, 0.15) is 11.9 Å². The van der Waals surface area contributed by atoms with Crippen molar-refractivity contribution in [3.05, 3.63) is 46.7 Å². The topological polar surface area (TPSA) is 70.6 Å². The van der Waals surface area contributed by atoms with Gasteiger partial charge in [-0.05, 0) is 35.7 Å². The zero-order valence-electron chi connectivity index (χ0n) is 11.3. The third kappa shape index (κ3) is 4.97. The van der Waals surface area contributed by atoms with E-state index >= 15 is 0 Å². The first-order chi connectivity index (χ1) is 10.5. The minimum Gasteiger partial charge on any atom is -0.435 e. The second-order valence-corrected chi connectivity index (χ2v) is 5.25. The van der Waals surface area contributed by atoms with Crippen molar-refractivity contribution in [2.24, 2.45) is 0 Å². The van der Waals surface area contributed by atoms with Crippen molar-refractivity contribution < 1.29 is 23.4 Å². The smallest absolute Gasteiger partial charge is 0.387 e. The number of ether oxygens (including phenoxy) is 1. The summed E-state index contributed by atoms with van der Waals surface area (Å²) < 4.78 is 28.2. The van der Waals surface area contributed by atoms with Crippen molar-refractivity contribution in [2.75, 3.05) is 11.9 Å². The molecule has 0 spiro atoms. The molecule has 1 aromatic carbocycles. The molecule has 8 heteroatoms. The predicted octanol–water partition coefficient (Wildman–Crippen LogP) is 3.20. The van der Waals surface area contributed by atoms with E-state index in [9.17, 15) is 18.7 Å². The van der Waals surface area contributed by atoms with E-state index in [1.54, 1.807) is 6.07 Å². The van der Waals surface area contributed by atoms with E-state index in [1.807, 2.05) is 11.4 Å². The maximum atomic E-state index is 12.0. The lowest BCUT2D eigenvalue weighted by Crippen LogP contribution is -2.32. The van der Waals surface area contributed by atoms with Crippen molar-refractivity contribution >= 4 is 23.1 Å². The van der Waals surface area contributed by atoms with Gasteiger partial charge in [-0.25, -0.2) is 4.79 Å². The molecule has 1 heterocycles. The molecular formula is C14H14F2N2O3S. The summed E-state index contributed by atoms with van der Waals surface area (Å²) in [7, 11) is 0. The molecule has 0 aliphatic carbocycles. The van der Waals surface area contributed by atoms with Crippen LogP contribution in [0.5, 0.6) is 5.75 Å². The number of halogens is 2. The van der Waals surface area contributed by atoms with Gasteiger partial charge in [0, 0.05) is 10.6 Å². The molecule has 22 heavy (non-hydrogen) atoms. The number of amides is 2. The van der Waals surface area contributed by atoms with Crippen molar-refractivity contribution in [3.8, 4) is 5.75 Å². The normalized spacial score (nSPS) is 12.0. The minimum atomic E-state index is -2.89. The summed E-state index contributed by atoms with van der Waals surface area (Å²) >= 11 is 1.40. The first-order valence-corrected chi connectivity index (χ1v) is 7.24. The monoisotopic (exact) mass is 328 g/mol. The zero-order chi connectivity index (χ0) is 15.9. The second kappa shape index (κ2) is 7.71. The number of carbonyl (C=O) groups is 1. The fourth-order valence-electron chi connectivity index (χ4n) is 1.67. The third-order valence-corrected chi connectivity index (χ3v) is 3.64. The van der Waals surface area contributed by atoms with E-state index in [2.05, 4.69) is 15.4 Å². The Hall–Kier alpha value is -2.19.